The van der Waals surface area contributed by atoms with E-state index in [0.717, 1.165) is 34.0 Å². The Morgan fingerprint density at radius 1 is 0.625 bits per heavy atom. The normalized spacial score (nSPS) is 10.1. The lowest BCUT2D eigenvalue weighted by Crippen LogP contribution is -1.96. The van der Waals surface area contributed by atoms with E-state index in [9.17, 15) is 13.2 Å². The Bertz CT molecular complexity index is 1390. The van der Waals surface area contributed by atoms with Crippen LogP contribution in [0.2, 0.25) is 0 Å². The van der Waals surface area contributed by atoms with Crippen LogP contribution >= 0.6 is 0 Å². The molecular formula is C28H17F3O. The Kier molecular flexibility index (Phi) is 6.15. The highest BCUT2D eigenvalue weighted by Gasteiger charge is 2.09. The number of fused-ring (bicyclic) bond motifs is 1. The van der Waals surface area contributed by atoms with Crippen LogP contribution in [0, 0.1) is 41.1 Å². The molecule has 0 N–H and O–H groups in total. The van der Waals surface area contributed by atoms with Gasteiger partial charge >= 0.3 is 0 Å². The number of rotatable bonds is 2. The number of benzene rings is 4. The summed E-state index contributed by atoms with van der Waals surface area (Å²) in [5.74, 6) is 9.81. The lowest BCUT2D eigenvalue weighted by Gasteiger charge is -2.04. The van der Waals surface area contributed by atoms with E-state index in [4.69, 9.17) is 4.74 Å². The van der Waals surface area contributed by atoms with Crippen LogP contribution in [-0.2, 0) is 0 Å². The molecule has 0 bridgehead atoms. The first kappa shape index (κ1) is 21.1. The fraction of sp³-hybridized carbons (Fsp3) is 0.0714. The van der Waals surface area contributed by atoms with E-state index in [1.165, 1.54) is 12.1 Å². The Hall–Kier alpha value is -4.15. The van der Waals surface area contributed by atoms with Gasteiger partial charge in [0.05, 0.1) is 12.2 Å². The molecule has 0 saturated carbocycles. The van der Waals surface area contributed by atoms with Crippen molar-refractivity contribution in [3.63, 3.8) is 0 Å². The van der Waals surface area contributed by atoms with Gasteiger partial charge in [0.1, 0.15) is 23.2 Å². The molecule has 4 aromatic rings. The highest BCUT2D eigenvalue weighted by Crippen LogP contribution is 2.20. The van der Waals surface area contributed by atoms with Crippen molar-refractivity contribution >= 4 is 10.8 Å². The highest BCUT2D eigenvalue weighted by molar-refractivity contribution is 5.84. The van der Waals surface area contributed by atoms with Crippen molar-refractivity contribution in [1.82, 2.24) is 0 Å². The van der Waals surface area contributed by atoms with E-state index in [2.05, 4.69) is 23.7 Å². The Morgan fingerprint density at radius 2 is 1.16 bits per heavy atom. The predicted molar refractivity (Wildman–Crippen MR) is 120 cm³/mol. The molecule has 4 rings (SSSR count). The molecule has 1 nitrogen and oxygen atoms in total. The van der Waals surface area contributed by atoms with E-state index in [1.807, 2.05) is 18.2 Å². The van der Waals surface area contributed by atoms with Crippen LogP contribution in [0.3, 0.4) is 0 Å². The number of hydrogen-bond donors (Lipinski definition) is 0. The van der Waals surface area contributed by atoms with Crippen LogP contribution < -0.4 is 4.74 Å². The van der Waals surface area contributed by atoms with E-state index in [1.54, 1.807) is 37.3 Å². The molecule has 0 aromatic heterocycles. The van der Waals surface area contributed by atoms with Gasteiger partial charge in [0.15, 0.2) is 0 Å². The third kappa shape index (κ3) is 4.94. The minimum atomic E-state index is -0.762. The fourth-order valence-electron chi connectivity index (χ4n) is 3.13. The zero-order valence-corrected chi connectivity index (χ0v) is 17.2. The molecule has 0 amide bonds. The molecule has 0 spiro atoms. The summed E-state index contributed by atoms with van der Waals surface area (Å²) in [6.45, 7) is 2.06. The van der Waals surface area contributed by atoms with Gasteiger partial charge < -0.3 is 4.74 Å². The molecule has 0 unspecified atom stereocenters. The maximum Gasteiger partial charge on any atom is 0.145 e. The lowest BCUT2D eigenvalue weighted by atomic mass is 10.1. The number of halogens is 3. The number of ether oxygens (including phenoxy) is 1. The molecule has 0 radical (unpaired) electrons. The third-order valence-electron chi connectivity index (χ3n) is 4.70. The summed E-state index contributed by atoms with van der Waals surface area (Å²) >= 11 is 0. The van der Waals surface area contributed by atoms with Crippen molar-refractivity contribution in [2.45, 2.75) is 6.92 Å². The summed E-state index contributed by atoms with van der Waals surface area (Å²) < 4.78 is 46.7. The van der Waals surface area contributed by atoms with Crippen LogP contribution in [0.4, 0.5) is 13.2 Å². The quantitative estimate of drug-likeness (QED) is 0.335. The average Bonchev–Trinajstić information content (AvgIpc) is 2.78. The van der Waals surface area contributed by atoms with E-state index in [-0.39, 0.29) is 17.1 Å². The van der Waals surface area contributed by atoms with Crippen LogP contribution in [-0.4, -0.2) is 6.61 Å². The first-order valence-corrected chi connectivity index (χ1v) is 9.97. The van der Waals surface area contributed by atoms with Gasteiger partial charge in [-0.2, -0.15) is 0 Å². The highest BCUT2D eigenvalue weighted by atomic mass is 19.1. The molecular weight excluding hydrogens is 409 g/mol. The van der Waals surface area contributed by atoms with Gasteiger partial charge in [0.25, 0.3) is 0 Å². The first-order chi connectivity index (χ1) is 15.5. The second-order valence-corrected chi connectivity index (χ2v) is 6.98. The zero-order valence-electron chi connectivity index (χ0n) is 17.2. The average molecular weight is 426 g/mol. The van der Waals surface area contributed by atoms with Gasteiger partial charge in [-0.1, -0.05) is 35.8 Å². The summed E-state index contributed by atoms with van der Waals surface area (Å²) in [6.07, 6.45) is 0. The standard InChI is InChI=1S/C28H17F3O/c1-2-32-25-17-27(30)26(28(31)18-25)14-10-20-5-3-19(4-6-20)7-8-21-9-11-23-16-24(29)13-12-22(23)15-21/h3-6,9,11-13,15-18H,2H2,1H3. The van der Waals surface area contributed by atoms with Crippen molar-refractivity contribution < 1.29 is 17.9 Å². The Balaban J connectivity index is 1.51. The van der Waals surface area contributed by atoms with Crippen LogP contribution in [0.1, 0.15) is 29.2 Å². The summed E-state index contributed by atoms with van der Waals surface area (Å²) in [4.78, 5) is 0. The smallest absolute Gasteiger partial charge is 0.145 e. The molecule has 0 atom stereocenters. The van der Waals surface area contributed by atoms with Gasteiger partial charge in [-0.05, 0) is 66.2 Å². The largest absolute Gasteiger partial charge is 0.494 e. The molecule has 0 aliphatic rings. The second-order valence-electron chi connectivity index (χ2n) is 6.98. The summed E-state index contributed by atoms with van der Waals surface area (Å²) in [5, 5.41) is 1.73. The molecule has 4 heteroatoms. The lowest BCUT2D eigenvalue weighted by molar-refractivity contribution is 0.335. The second kappa shape index (κ2) is 9.33. The van der Waals surface area contributed by atoms with Gasteiger partial charge in [-0.25, -0.2) is 13.2 Å². The van der Waals surface area contributed by atoms with Crippen molar-refractivity contribution in [3.05, 3.63) is 113 Å². The summed E-state index contributed by atoms with van der Waals surface area (Å²) in [5.41, 5.74) is 1.90. The van der Waals surface area contributed by atoms with Gasteiger partial charge in [0, 0.05) is 28.8 Å². The van der Waals surface area contributed by atoms with Gasteiger partial charge in [-0.3, -0.25) is 0 Å². The zero-order chi connectivity index (χ0) is 22.5. The van der Waals surface area contributed by atoms with Crippen molar-refractivity contribution in [2.75, 3.05) is 6.61 Å². The van der Waals surface area contributed by atoms with Gasteiger partial charge in [0.2, 0.25) is 0 Å². The van der Waals surface area contributed by atoms with Gasteiger partial charge in [-0.15, -0.1) is 0 Å². The molecule has 0 saturated heterocycles. The molecule has 0 heterocycles. The predicted octanol–water partition coefficient (Wildman–Crippen LogP) is 6.46. The molecule has 32 heavy (non-hydrogen) atoms. The van der Waals surface area contributed by atoms with Crippen LogP contribution in [0.15, 0.2) is 72.8 Å². The SMILES string of the molecule is CCOc1cc(F)c(C#Cc2ccc(C#Cc3ccc4cc(F)ccc4c3)cc2)c(F)c1. The Morgan fingerprint density at radius 3 is 1.81 bits per heavy atom. The van der Waals surface area contributed by atoms with Crippen molar-refractivity contribution in [1.29, 1.82) is 0 Å². The number of hydrogen-bond acceptors (Lipinski definition) is 1. The molecule has 156 valence electrons. The molecule has 4 aromatic carbocycles. The fourth-order valence-corrected chi connectivity index (χ4v) is 3.13. The topological polar surface area (TPSA) is 9.23 Å². The minimum absolute atomic E-state index is 0.134. The van der Waals surface area contributed by atoms with Crippen molar-refractivity contribution in [2.24, 2.45) is 0 Å². The van der Waals surface area contributed by atoms with E-state index < -0.39 is 11.6 Å². The monoisotopic (exact) mass is 426 g/mol. The minimum Gasteiger partial charge on any atom is -0.494 e. The molecule has 0 fully saturated rings. The van der Waals surface area contributed by atoms with E-state index in [0.29, 0.717) is 12.2 Å². The molecule has 0 aliphatic carbocycles. The van der Waals surface area contributed by atoms with Crippen molar-refractivity contribution in [3.8, 4) is 29.4 Å². The first-order valence-electron chi connectivity index (χ1n) is 9.97. The third-order valence-corrected chi connectivity index (χ3v) is 4.70. The molecule has 0 aliphatic heterocycles. The van der Waals surface area contributed by atoms with E-state index >= 15 is 0 Å². The maximum absolute atomic E-state index is 14.1. The summed E-state index contributed by atoms with van der Waals surface area (Å²) in [6, 6.07) is 19.5. The summed E-state index contributed by atoms with van der Waals surface area (Å²) in [7, 11) is 0. The maximum atomic E-state index is 14.1. The van der Waals surface area contributed by atoms with Crippen LogP contribution in [0.25, 0.3) is 10.8 Å². The van der Waals surface area contributed by atoms with Crippen LogP contribution in [0.5, 0.6) is 5.75 Å². The Labute approximate surface area is 184 Å².